The molecule has 0 aliphatic rings. The maximum atomic E-state index is 5.82. The quantitative estimate of drug-likeness (QED) is 0.589. The van der Waals surface area contributed by atoms with Crippen LogP contribution in [0.5, 0.6) is 0 Å². The van der Waals surface area contributed by atoms with E-state index >= 15 is 0 Å². The Balaban J connectivity index is 2.63. The van der Waals surface area contributed by atoms with Gasteiger partial charge in [-0.15, -0.1) is 0 Å². The van der Waals surface area contributed by atoms with Gasteiger partial charge < -0.3 is 0 Å². The van der Waals surface area contributed by atoms with Crippen molar-refractivity contribution in [2.24, 2.45) is 0 Å². The van der Waals surface area contributed by atoms with Gasteiger partial charge in [0.05, 0.1) is 23.5 Å². The molecule has 66 valence electrons. The van der Waals surface area contributed by atoms with E-state index in [2.05, 4.69) is 17.7 Å². The molecule has 0 saturated carbocycles. The highest BCUT2D eigenvalue weighted by atomic mass is 35.5. The first-order chi connectivity index (χ1) is 5.75. The number of thiol groups is 1. The predicted molar refractivity (Wildman–Crippen MR) is 55.0 cm³/mol. The molecule has 0 aliphatic carbocycles. The van der Waals surface area contributed by atoms with E-state index in [9.17, 15) is 0 Å². The third kappa shape index (κ3) is 2.29. The molecule has 1 heterocycles. The second-order valence-corrected chi connectivity index (χ2v) is 3.19. The number of aromatic nitrogens is 2. The topological polar surface area (TPSA) is 17.8 Å². The Morgan fingerprint density at radius 2 is 2.42 bits per heavy atom. The van der Waals surface area contributed by atoms with E-state index in [4.69, 9.17) is 11.6 Å². The predicted octanol–water partition coefficient (Wildman–Crippen LogP) is 2.33. The molecule has 1 rings (SSSR count). The van der Waals surface area contributed by atoms with Crippen molar-refractivity contribution in [2.45, 2.75) is 13.5 Å². The molecule has 4 heteroatoms. The van der Waals surface area contributed by atoms with E-state index in [1.165, 1.54) is 0 Å². The summed E-state index contributed by atoms with van der Waals surface area (Å²) in [7, 11) is 0. The Bertz CT molecular complexity index is 281. The van der Waals surface area contributed by atoms with E-state index in [0.29, 0.717) is 5.02 Å². The molecule has 0 aliphatic heterocycles. The van der Waals surface area contributed by atoms with Crippen LogP contribution < -0.4 is 0 Å². The Morgan fingerprint density at radius 1 is 1.67 bits per heavy atom. The van der Waals surface area contributed by atoms with Crippen LogP contribution >= 0.6 is 24.2 Å². The summed E-state index contributed by atoms with van der Waals surface area (Å²) in [6, 6.07) is 0. The van der Waals surface area contributed by atoms with Crippen LogP contribution in [-0.2, 0) is 6.54 Å². The van der Waals surface area contributed by atoms with Gasteiger partial charge in [0, 0.05) is 5.75 Å². The maximum Gasteiger partial charge on any atom is 0.0815 e. The van der Waals surface area contributed by atoms with Gasteiger partial charge in [-0.3, -0.25) is 4.68 Å². The van der Waals surface area contributed by atoms with Gasteiger partial charge in [0.2, 0.25) is 0 Å². The van der Waals surface area contributed by atoms with E-state index in [1.807, 2.05) is 23.8 Å². The summed E-state index contributed by atoms with van der Waals surface area (Å²) in [5, 5.41) is 4.81. The van der Waals surface area contributed by atoms with E-state index in [1.54, 1.807) is 6.20 Å². The first-order valence-electron chi connectivity index (χ1n) is 3.69. The van der Waals surface area contributed by atoms with Gasteiger partial charge in [-0.05, 0) is 6.92 Å². The Morgan fingerprint density at radius 3 is 2.92 bits per heavy atom. The summed E-state index contributed by atoms with van der Waals surface area (Å²) in [6.45, 7) is 2.71. The minimum atomic E-state index is 0.717. The minimum Gasteiger partial charge on any atom is -0.265 e. The lowest BCUT2D eigenvalue weighted by molar-refractivity contribution is 0.678. The van der Waals surface area contributed by atoms with Crippen LogP contribution in [0, 0.1) is 6.92 Å². The number of hydrogen-bond donors (Lipinski definition) is 1. The first kappa shape index (κ1) is 9.68. The largest absolute Gasteiger partial charge is 0.265 e. The fourth-order valence-electron chi connectivity index (χ4n) is 0.857. The van der Waals surface area contributed by atoms with Crippen molar-refractivity contribution in [3.8, 4) is 0 Å². The SMILES string of the molecule is Cc1c(Cl)cnn1C/C=C/CS. The van der Waals surface area contributed by atoms with Crippen LogP contribution in [0.3, 0.4) is 0 Å². The summed E-state index contributed by atoms with van der Waals surface area (Å²) < 4.78 is 1.85. The standard InChI is InChI=1S/C8H11ClN2S/c1-7-8(9)6-10-11(7)4-2-3-5-12/h2-3,6,12H,4-5H2,1H3/b3-2+. The minimum absolute atomic E-state index is 0.717. The first-order valence-corrected chi connectivity index (χ1v) is 4.70. The lowest BCUT2D eigenvalue weighted by atomic mass is 10.4. The normalized spacial score (nSPS) is 11.2. The average molecular weight is 203 g/mol. The third-order valence-electron chi connectivity index (χ3n) is 1.59. The van der Waals surface area contributed by atoms with Gasteiger partial charge in [-0.1, -0.05) is 23.8 Å². The molecule has 0 fully saturated rings. The monoisotopic (exact) mass is 202 g/mol. The van der Waals surface area contributed by atoms with E-state index in [-0.39, 0.29) is 0 Å². The molecule has 0 radical (unpaired) electrons. The lowest BCUT2D eigenvalue weighted by Gasteiger charge is -1.98. The molecular weight excluding hydrogens is 192 g/mol. The number of halogens is 1. The average Bonchev–Trinajstić information content (AvgIpc) is 2.36. The molecule has 0 atom stereocenters. The van der Waals surface area contributed by atoms with Crippen molar-refractivity contribution in [1.29, 1.82) is 0 Å². The molecule has 0 saturated heterocycles. The number of hydrogen-bond acceptors (Lipinski definition) is 2. The zero-order valence-electron chi connectivity index (χ0n) is 6.87. The van der Waals surface area contributed by atoms with E-state index < -0.39 is 0 Å². The van der Waals surface area contributed by atoms with Crippen molar-refractivity contribution in [1.82, 2.24) is 9.78 Å². The Hall–Kier alpha value is -0.410. The van der Waals surface area contributed by atoms with Gasteiger partial charge in [0.1, 0.15) is 0 Å². The molecule has 1 aromatic rings. The zero-order valence-corrected chi connectivity index (χ0v) is 8.52. The fourth-order valence-corrected chi connectivity index (χ4v) is 1.15. The third-order valence-corrected chi connectivity index (χ3v) is 2.18. The molecule has 0 amide bonds. The summed E-state index contributed by atoms with van der Waals surface area (Å²) in [5.41, 5.74) is 1.00. The van der Waals surface area contributed by atoms with Crippen LogP contribution in [0.25, 0.3) is 0 Å². The van der Waals surface area contributed by atoms with Crippen molar-refractivity contribution in [2.75, 3.05) is 5.75 Å². The highest BCUT2D eigenvalue weighted by Crippen LogP contribution is 2.12. The van der Waals surface area contributed by atoms with E-state index in [0.717, 1.165) is 18.0 Å². The van der Waals surface area contributed by atoms with Gasteiger partial charge >= 0.3 is 0 Å². The lowest BCUT2D eigenvalue weighted by Crippen LogP contribution is -1.99. The van der Waals surface area contributed by atoms with Crippen molar-refractivity contribution in [3.05, 3.63) is 29.1 Å². The Kier molecular flexibility index (Phi) is 3.69. The molecule has 0 aromatic carbocycles. The highest BCUT2D eigenvalue weighted by Gasteiger charge is 2.00. The summed E-state index contributed by atoms with van der Waals surface area (Å²) in [4.78, 5) is 0. The second kappa shape index (κ2) is 4.58. The number of rotatable bonds is 3. The molecule has 0 unspecified atom stereocenters. The van der Waals surface area contributed by atoms with Gasteiger partial charge in [-0.25, -0.2) is 0 Å². The molecule has 1 aromatic heterocycles. The summed E-state index contributed by atoms with van der Waals surface area (Å²) in [5.74, 6) is 0.758. The Labute approximate surface area is 82.6 Å². The van der Waals surface area contributed by atoms with Gasteiger partial charge in [0.25, 0.3) is 0 Å². The van der Waals surface area contributed by atoms with Crippen LogP contribution in [-0.4, -0.2) is 15.5 Å². The number of allylic oxidation sites excluding steroid dienone is 1. The zero-order chi connectivity index (χ0) is 8.97. The van der Waals surface area contributed by atoms with Crippen molar-refractivity contribution in [3.63, 3.8) is 0 Å². The van der Waals surface area contributed by atoms with Gasteiger partial charge in [-0.2, -0.15) is 17.7 Å². The maximum absolute atomic E-state index is 5.82. The van der Waals surface area contributed by atoms with Crippen LogP contribution in [0.4, 0.5) is 0 Å². The molecular formula is C8H11ClN2S. The van der Waals surface area contributed by atoms with Crippen LogP contribution in [0.15, 0.2) is 18.3 Å². The van der Waals surface area contributed by atoms with Crippen molar-refractivity contribution >= 4 is 24.2 Å². The fraction of sp³-hybridized carbons (Fsp3) is 0.375. The molecule has 2 nitrogen and oxygen atoms in total. The summed E-state index contributed by atoms with van der Waals surface area (Å²) in [6.07, 6.45) is 5.66. The molecule has 0 N–H and O–H groups in total. The second-order valence-electron chi connectivity index (χ2n) is 2.41. The van der Waals surface area contributed by atoms with Gasteiger partial charge in [0.15, 0.2) is 0 Å². The number of nitrogens with zero attached hydrogens (tertiary/aromatic N) is 2. The molecule has 12 heavy (non-hydrogen) atoms. The molecule has 0 bridgehead atoms. The highest BCUT2D eigenvalue weighted by molar-refractivity contribution is 7.80. The van der Waals surface area contributed by atoms with Crippen molar-refractivity contribution < 1.29 is 0 Å². The molecule has 0 spiro atoms. The van der Waals surface area contributed by atoms with Crippen LogP contribution in [0.1, 0.15) is 5.69 Å². The smallest absolute Gasteiger partial charge is 0.0815 e. The van der Waals surface area contributed by atoms with Crippen LogP contribution in [0.2, 0.25) is 5.02 Å². The summed E-state index contributed by atoms with van der Waals surface area (Å²) >= 11 is 9.88.